The maximum absolute atomic E-state index is 12.5. The molecule has 0 saturated carbocycles. The van der Waals surface area contributed by atoms with Crippen LogP contribution in [0.2, 0.25) is 0 Å². The van der Waals surface area contributed by atoms with Crippen LogP contribution in [0.15, 0.2) is 24.4 Å². The molecule has 2 heterocycles. The second-order valence-electron chi connectivity index (χ2n) is 7.09. The predicted molar refractivity (Wildman–Crippen MR) is 107 cm³/mol. The maximum Gasteiger partial charge on any atom is 0.229 e. The molecule has 1 aliphatic heterocycles. The summed E-state index contributed by atoms with van der Waals surface area (Å²) in [5, 5.41) is 12.8. The highest BCUT2D eigenvalue weighted by atomic mass is 32.1. The summed E-state index contributed by atoms with van der Waals surface area (Å²) in [6, 6.07) is 7.64. The van der Waals surface area contributed by atoms with E-state index in [1.807, 2.05) is 26.0 Å². The first-order valence-corrected chi connectivity index (χ1v) is 9.94. The number of likely N-dealkylation sites (tertiary alicyclic amines) is 1. The number of hydrogen-bond acceptors (Lipinski definition) is 6. The fourth-order valence-electron chi connectivity index (χ4n) is 3.06. The molecule has 0 spiro atoms. The van der Waals surface area contributed by atoms with E-state index in [9.17, 15) is 10.1 Å². The summed E-state index contributed by atoms with van der Waals surface area (Å²) in [5.74, 6) is 0.664. The van der Waals surface area contributed by atoms with E-state index in [4.69, 9.17) is 4.74 Å². The first kappa shape index (κ1) is 19.3. The van der Waals surface area contributed by atoms with Crippen molar-refractivity contribution >= 4 is 22.4 Å². The zero-order valence-corrected chi connectivity index (χ0v) is 16.7. The van der Waals surface area contributed by atoms with Crippen LogP contribution in [-0.2, 0) is 4.79 Å². The number of carbonyl (C=O) groups is 1. The standard InChI is InChI=1S/C20H24N4O2S/c1-13(2)26-17-10-15(4-5-16(17)11-21)18-12-22-20(27-18)23-19(25)14-6-8-24(3)9-7-14/h4-5,10,12-14H,6-9H2,1-3H3,(H,22,23,25). The number of nitriles is 1. The quantitative estimate of drug-likeness (QED) is 0.849. The number of ether oxygens (including phenoxy) is 1. The Morgan fingerprint density at radius 3 is 2.81 bits per heavy atom. The second-order valence-corrected chi connectivity index (χ2v) is 8.12. The van der Waals surface area contributed by atoms with E-state index in [0.29, 0.717) is 16.4 Å². The Morgan fingerprint density at radius 1 is 1.41 bits per heavy atom. The molecule has 0 atom stereocenters. The highest BCUT2D eigenvalue weighted by Gasteiger charge is 2.24. The van der Waals surface area contributed by atoms with Crippen molar-refractivity contribution < 1.29 is 9.53 Å². The fraction of sp³-hybridized carbons (Fsp3) is 0.450. The third-order valence-electron chi connectivity index (χ3n) is 4.57. The summed E-state index contributed by atoms with van der Waals surface area (Å²) >= 11 is 1.43. The van der Waals surface area contributed by atoms with Gasteiger partial charge >= 0.3 is 0 Å². The van der Waals surface area contributed by atoms with Crippen LogP contribution in [0.3, 0.4) is 0 Å². The third kappa shape index (κ3) is 4.85. The first-order valence-electron chi connectivity index (χ1n) is 9.12. The molecule has 1 aromatic heterocycles. The average Bonchev–Trinajstić information content (AvgIpc) is 3.10. The van der Waals surface area contributed by atoms with Crippen molar-refractivity contribution in [3.8, 4) is 22.3 Å². The monoisotopic (exact) mass is 384 g/mol. The van der Waals surface area contributed by atoms with Gasteiger partial charge in [0.15, 0.2) is 5.13 Å². The molecule has 0 aliphatic carbocycles. The summed E-state index contributed by atoms with van der Waals surface area (Å²) in [4.78, 5) is 20.0. The summed E-state index contributed by atoms with van der Waals surface area (Å²) in [5.41, 5.74) is 1.43. The minimum atomic E-state index is -0.0156. The zero-order valence-electron chi connectivity index (χ0n) is 15.9. The Hall–Kier alpha value is -2.43. The Labute approximate surface area is 163 Å². The predicted octanol–water partition coefficient (Wildman–Crippen LogP) is 3.75. The van der Waals surface area contributed by atoms with Gasteiger partial charge < -0.3 is 15.0 Å². The van der Waals surface area contributed by atoms with Crippen LogP contribution in [0.25, 0.3) is 10.4 Å². The van der Waals surface area contributed by atoms with Gasteiger partial charge in [-0.1, -0.05) is 17.4 Å². The zero-order chi connectivity index (χ0) is 19.4. The van der Waals surface area contributed by atoms with E-state index >= 15 is 0 Å². The topological polar surface area (TPSA) is 78.2 Å². The molecule has 7 heteroatoms. The van der Waals surface area contributed by atoms with Gasteiger partial charge in [0.2, 0.25) is 5.91 Å². The van der Waals surface area contributed by atoms with E-state index in [1.54, 1.807) is 12.3 Å². The molecular formula is C20H24N4O2S. The lowest BCUT2D eigenvalue weighted by molar-refractivity contribution is -0.121. The van der Waals surface area contributed by atoms with Gasteiger partial charge in [-0.15, -0.1) is 0 Å². The largest absolute Gasteiger partial charge is 0.490 e. The molecule has 2 aromatic rings. The fourth-order valence-corrected chi connectivity index (χ4v) is 3.88. The SMILES string of the molecule is CC(C)Oc1cc(-c2cnc(NC(=O)C3CCN(C)CC3)s2)ccc1C#N. The maximum atomic E-state index is 12.5. The minimum Gasteiger partial charge on any atom is -0.490 e. The lowest BCUT2D eigenvalue weighted by atomic mass is 9.96. The highest BCUT2D eigenvalue weighted by molar-refractivity contribution is 7.19. The normalized spacial score (nSPS) is 15.5. The molecule has 1 fully saturated rings. The molecule has 1 amide bonds. The van der Waals surface area contributed by atoms with Crippen LogP contribution in [-0.4, -0.2) is 42.0 Å². The number of benzene rings is 1. The Kier molecular flexibility index (Phi) is 6.09. The highest BCUT2D eigenvalue weighted by Crippen LogP contribution is 2.33. The molecule has 3 rings (SSSR count). The molecule has 0 unspecified atom stereocenters. The van der Waals surface area contributed by atoms with Gasteiger partial charge in [-0.25, -0.2) is 4.98 Å². The van der Waals surface area contributed by atoms with Gasteiger partial charge in [0.25, 0.3) is 0 Å². The Morgan fingerprint density at radius 2 is 2.15 bits per heavy atom. The number of nitrogens with one attached hydrogen (secondary N) is 1. The smallest absolute Gasteiger partial charge is 0.229 e. The number of amides is 1. The molecule has 1 aromatic carbocycles. The van der Waals surface area contributed by atoms with E-state index in [1.165, 1.54) is 11.3 Å². The van der Waals surface area contributed by atoms with Gasteiger partial charge in [0.1, 0.15) is 11.8 Å². The summed E-state index contributed by atoms with van der Waals surface area (Å²) in [6.07, 6.45) is 3.49. The van der Waals surface area contributed by atoms with Crippen LogP contribution in [0, 0.1) is 17.2 Å². The minimum absolute atomic E-state index is 0.0156. The molecule has 6 nitrogen and oxygen atoms in total. The van der Waals surface area contributed by atoms with E-state index < -0.39 is 0 Å². The number of hydrogen-bond donors (Lipinski definition) is 1. The van der Waals surface area contributed by atoms with Gasteiger partial charge in [0.05, 0.1) is 16.5 Å². The van der Waals surface area contributed by atoms with Crippen molar-refractivity contribution in [1.82, 2.24) is 9.88 Å². The Balaban J connectivity index is 1.72. The molecule has 142 valence electrons. The van der Waals surface area contributed by atoms with E-state index in [0.717, 1.165) is 36.4 Å². The van der Waals surface area contributed by atoms with Crippen LogP contribution in [0.5, 0.6) is 5.75 Å². The second kappa shape index (κ2) is 8.51. The van der Waals surface area contributed by atoms with E-state index in [-0.39, 0.29) is 17.9 Å². The molecular weight excluding hydrogens is 360 g/mol. The van der Waals surface area contributed by atoms with Gasteiger partial charge in [0, 0.05) is 12.1 Å². The van der Waals surface area contributed by atoms with Gasteiger partial charge in [-0.3, -0.25) is 4.79 Å². The number of aromatic nitrogens is 1. The number of thiazole rings is 1. The molecule has 1 aliphatic rings. The number of rotatable bonds is 5. The average molecular weight is 385 g/mol. The summed E-state index contributed by atoms with van der Waals surface area (Å²) in [7, 11) is 2.08. The molecule has 0 bridgehead atoms. The van der Waals surface area contributed by atoms with Gasteiger partial charge in [-0.2, -0.15) is 5.26 Å². The van der Waals surface area contributed by atoms with Crippen molar-refractivity contribution in [3.05, 3.63) is 30.0 Å². The molecule has 0 radical (unpaired) electrons. The van der Waals surface area contributed by atoms with Crippen molar-refractivity contribution in [2.75, 3.05) is 25.5 Å². The van der Waals surface area contributed by atoms with E-state index in [2.05, 4.69) is 28.3 Å². The Bertz CT molecular complexity index is 848. The third-order valence-corrected chi connectivity index (χ3v) is 5.54. The van der Waals surface area contributed by atoms with Crippen LogP contribution in [0.4, 0.5) is 5.13 Å². The van der Waals surface area contributed by atoms with Crippen molar-refractivity contribution in [2.24, 2.45) is 5.92 Å². The van der Waals surface area contributed by atoms with Crippen LogP contribution in [0.1, 0.15) is 32.3 Å². The molecule has 1 N–H and O–H groups in total. The van der Waals surface area contributed by atoms with Crippen molar-refractivity contribution in [1.29, 1.82) is 5.26 Å². The van der Waals surface area contributed by atoms with Crippen LogP contribution < -0.4 is 10.1 Å². The van der Waals surface area contributed by atoms with Crippen molar-refractivity contribution in [2.45, 2.75) is 32.8 Å². The van der Waals surface area contributed by atoms with Gasteiger partial charge in [-0.05, 0) is 64.5 Å². The first-order chi connectivity index (χ1) is 13.0. The number of anilines is 1. The summed E-state index contributed by atoms with van der Waals surface area (Å²) < 4.78 is 5.75. The lowest BCUT2D eigenvalue weighted by Gasteiger charge is -2.27. The van der Waals surface area contributed by atoms with Crippen molar-refractivity contribution in [3.63, 3.8) is 0 Å². The van der Waals surface area contributed by atoms with Crippen LogP contribution >= 0.6 is 11.3 Å². The lowest BCUT2D eigenvalue weighted by Crippen LogP contribution is -2.35. The number of nitrogens with zero attached hydrogens (tertiary/aromatic N) is 3. The number of piperidine rings is 1. The molecule has 1 saturated heterocycles. The molecule has 27 heavy (non-hydrogen) atoms. The summed E-state index contributed by atoms with van der Waals surface area (Å²) in [6.45, 7) is 5.75. The number of carbonyl (C=O) groups excluding carboxylic acids is 1.